The van der Waals surface area contributed by atoms with E-state index in [9.17, 15) is 0 Å². The first-order valence-corrected chi connectivity index (χ1v) is 7.46. The van der Waals surface area contributed by atoms with Crippen LogP contribution in [0.1, 0.15) is 23.6 Å². The SMILES string of the molecule is Cc1cscc1CNC(C)Cc1ccc(Cl)cc1. The molecule has 1 atom stereocenters. The van der Waals surface area contributed by atoms with Crippen molar-refractivity contribution in [3.05, 3.63) is 56.7 Å². The van der Waals surface area contributed by atoms with Crippen LogP contribution in [0.5, 0.6) is 0 Å². The molecule has 1 aromatic carbocycles. The van der Waals surface area contributed by atoms with Gasteiger partial charge in [0.2, 0.25) is 0 Å². The Labute approximate surface area is 118 Å². The molecule has 0 fully saturated rings. The Hall–Kier alpha value is -0.830. The van der Waals surface area contributed by atoms with Crippen LogP contribution in [0.3, 0.4) is 0 Å². The van der Waals surface area contributed by atoms with Crippen LogP contribution >= 0.6 is 22.9 Å². The molecule has 1 N–H and O–H groups in total. The van der Waals surface area contributed by atoms with Gasteiger partial charge in [0.15, 0.2) is 0 Å². The van der Waals surface area contributed by atoms with Gasteiger partial charge in [-0.2, -0.15) is 11.3 Å². The molecular formula is C15H18ClNS. The summed E-state index contributed by atoms with van der Waals surface area (Å²) < 4.78 is 0. The zero-order valence-corrected chi connectivity index (χ0v) is 12.3. The molecule has 18 heavy (non-hydrogen) atoms. The molecular weight excluding hydrogens is 262 g/mol. The molecule has 1 heterocycles. The lowest BCUT2D eigenvalue weighted by Crippen LogP contribution is -2.27. The van der Waals surface area contributed by atoms with Gasteiger partial charge in [-0.1, -0.05) is 23.7 Å². The Bertz CT molecular complexity index is 489. The predicted octanol–water partition coefficient (Wildman–Crippen LogP) is 4.43. The highest BCUT2D eigenvalue weighted by Gasteiger charge is 2.05. The fourth-order valence-corrected chi connectivity index (χ4v) is 2.88. The van der Waals surface area contributed by atoms with E-state index in [1.807, 2.05) is 12.1 Å². The lowest BCUT2D eigenvalue weighted by atomic mass is 10.1. The third-order valence-corrected chi connectivity index (χ3v) is 4.22. The van der Waals surface area contributed by atoms with Crippen LogP contribution in [0.15, 0.2) is 35.0 Å². The van der Waals surface area contributed by atoms with Gasteiger partial charge in [0, 0.05) is 17.6 Å². The molecule has 0 spiro atoms. The number of benzene rings is 1. The molecule has 0 amide bonds. The Morgan fingerprint density at radius 1 is 1.22 bits per heavy atom. The normalized spacial score (nSPS) is 12.6. The summed E-state index contributed by atoms with van der Waals surface area (Å²) in [7, 11) is 0. The number of nitrogens with one attached hydrogen (secondary N) is 1. The third-order valence-electron chi connectivity index (χ3n) is 3.06. The average Bonchev–Trinajstić information content (AvgIpc) is 2.75. The van der Waals surface area contributed by atoms with Gasteiger partial charge in [-0.3, -0.25) is 0 Å². The van der Waals surface area contributed by atoms with E-state index < -0.39 is 0 Å². The minimum Gasteiger partial charge on any atom is -0.310 e. The zero-order chi connectivity index (χ0) is 13.0. The van der Waals surface area contributed by atoms with E-state index in [-0.39, 0.29) is 0 Å². The number of rotatable bonds is 5. The van der Waals surface area contributed by atoms with Crippen molar-refractivity contribution in [3.8, 4) is 0 Å². The van der Waals surface area contributed by atoms with E-state index in [4.69, 9.17) is 11.6 Å². The molecule has 96 valence electrons. The summed E-state index contributed by atoms with van der Waals surface area (Å²) in [5.74, 6) is 0. The summed E-state index contributed by atoms with van der Waals surface area (Å²) in [6, 6.07) is 8.55. The smallest absolute Gasteiger partial charge is 0.0406 e. The van der Waals surface area contributed by atoms with Crippen LogP contribution < -0.4 is 5.32 Å². The van der Waals surface area contributed by atoms with Gasteiger partial charge >= 0.3 is 0 Å². The highest BCUT2D eigenvalue weighted by molar-refractivity contribution is 7.08. The molecule has 0 aliphatic carbocycles. The summed E-state index contributed by atoms with van der Waals surface area (Å²) in [6.07, 6.45) is 1.03. The molecule has 0 bridgehead atoms. The van der Waals surface area contributed by atoms with Gasteiger partial charge in [-0.25, -0.2) is 0 Å². The van der Waals surface area contributed by atoms with Crippen LogP contribution in [0.4, 0.5) is 0 Å². The lowest BCUT2D eigenvalue weighted by molar-refractivity contribution is 0.545. The first-order valence-electron chi connectivity index (χ1n) is 6.14. The number of hydrogen-bond donors (Lipinski definition) is 1. The fraction of sp³-hybridized carbons (Fsp3) is 0.333. The topological polar surface area (TPSA) is 12.0 Å². The van der Waals surface area contributed by atoms with Crippen LogP contribution in [-0.4, -0.2) is 6.04 Å². The molecule has 0 aliphatic rings. The third kappa shape index (κ3) is 3.84. The maximum atomic E-state index is 5.88. The molecule has 1 unspecified atom stereocenters. The van der Waals surface area contributed by atoms with Crippen molar-refractivity contribution in [2.75, 3.05) is 0 Å². The minimum absolute atomic E-state index is 0.463. The Balaban J connectivity index is 1.83. The highest BCUT2D eigenvalue weighted by Crippen LogP contribution is 2.14. The molecule has 3 heteroatoms. The van der Waals surface area contributed by atoms with E-state index >= 15 is 0 Å². The monoisotopic (exact) mass is 279 g/mol. The highest BCUT2D eigenvalue weighted by atomic mass is 35.5. The van der Waals surface area contributed by atoms with Crippen molar-refractivity contribution in [3.63, 3.8) is 0 Å². The second kappa shape index (κ2) is 6.37. The van der Waals surface area contributed by atoms with Crippen molar-refractivity contribution in [2.24, 2.45) is 0 Å². The zero-order valence-electron chi connectivity index (χ0n) is 10.7. The molecule has 0 saturated heterocycles. The Morgan fingerprint density at radius 3 is 2.56 bits per heavy atom. The fourth-order valence-electron chi connectivity index (χ4n) is 1.90. The van der Waals surface area contributed by atoms with Gasteiger partial charge in [0.1, 0.15) is 0 Å². The summed E-state index contributed by atoms with van der Waals surface area (Å²) in [6.45, 7) is 5.33. The van der Waals surface area contributed by atoms with Crippen LogP contribution in [0, 0.1) is 6.92 Å². The second-order valence-corrected chi connectivity index (χ2v) is 5.87. The van der Waals surface area contributed by atoms with E-state index in [0.717, 1.165) is 18.0 Å². The first-order chi connectivity index (χ1) is 8.65. The van der Waals surface area contributed by atoms with Crippen LogP contribution in [0.25, 0.3) is 0 Å². The standard InChI is InChI=1S/C15H18ClNS/c1-11-9-18-10-14(11)8-17-12(2)7-13-3-5-15(16)6-4-13/h3-6,9-10,12,17H,7-8H2,1-2H3. The largest absolute Gasteiger partial charge is 0.310 e. The lowest BCUT2D eigenvalue weighted by Gasteiger charge is -2.14. The Morgan fingerprint density at radius 2 is 1.94 bits per heavy atom. The summed E-state index contributed by atoms with van der Waals surface area (Å²) in [5, 5.41) is 8.78. The van der Waals surface area contributed by atoms with Gasteiger partial charge in [-0.05, 0) is 59.9 Å². The van der Waals surface area contributed by atoms with E-state index in [1.54, 1.807) is 11.3 Å². The predicted molar refractivity (Wildman–Crippen MR) is 80.5 cm³/mol. The molecule has 2 rings (SSSR count). The minimum atomic E-state index is 0.463. The van der Waals surface area contributed by atoms with E-state index in [0.29, 0.717) is 6.04 Å². The first kappa shape index (κ1) is 13.6. The van der Waals surface area contributed by atoms with Gasteiger partial charge in [0.05, 0.1) is 0 Å². The second-order valence-electron chi connectivity index (χ2n) is 4.69. The molecule has 0 radical (unpaired) electrons. The van der Waals surface area contributed by atoms with Gasteiger partial charge < -0.3 is 5.32 Å². The maximum absolute atomic E-state index is 5.88. The molecule has 0 saturated carbocycles. The van der Waals surface area contributed by atoms with Crippen LogP contribution in [-0.2, 0) is 13.0 Å². The number of thiophene rings is 1. The quantitative estimate of drug-likeness (QED) is 0.854. The summed E-state index contributed by atoms with van der Waals surface area (Å²) in [4.78, 5) is 0. The number of halogens is 1. The van der Waals surface area contributed by atoms with Gasteiger partial charge in [-0.15, -0.1) is 0 Å². The van der Waals surface area contributed by atoms with E-state index in [1.165, 1.54) is 16.7 Å². The van der Waals surface area contributed by atoms with E-state index in [2.05, 4.69) is 42.1 Å². The molecule has 1 aromatic heterocycles. The number of hydrogen-bond acceptors (Lipinski definition) is 2. The maximum Gasteiger partial charge on any atom is 0.0406 e. The van der Waals surface area contributed by atoms with Crippen LogP contribution in [0.2, 0.25) is 5.02 Å². The molecule has 1 nitrogen and oxygen atoms in total. The van der Waals surface area contributed by atoms with Crippen molar-refractivity contribution in [1.82, 2.24) is 5.32 Å². The summed E-state index contributed by atoms with van der Waals surface area (Å²) >= 11 is 7.65. The average molecular weight is 280 g/mol. The van der Waals surface area contributed by atoms with Gasteiger partial charge in [0.25, 0.3) is 0 Å². The molecule has 0 aliphatic heterocycles. The summed E-state index contributed by atoms with van der Waals surface area (Å²) in [5.41, 5.74) is 4.11. The van der Waals surface area contributed by atoms with Crippen molar-refractivity contribution >= 4 is 22.9 Å². The van der Waals surface area contributed by atoms with Crippen molar-refractivity contribution in [2.45, 2.75) is 32.9 Å². The van der Waals surface area contributed by atoms with Crippen molar-refractivity contribution < 1.29 is 0 Å². The number of aryl methyl sites for hydroxylation is 1. The van der Waals surface area contributed by atoms with Crippen molar-refractivity contribution in [1.29, 1.82) is 0 Å². The molecule has 2 aromatic rings. The Kier molecular flexibility index (Phi) is 4.81.